The molecule has 1 aromatic carbocycles. The number of hydrogen-bond acceptors (Lipinski definition) is 6. The van der Waals surface area contributed by atoms with E-state index in [2.05, 4.69) is 15.3 Å². The van der Waals surface area contributed by atoms with Gasteiger partial charge in [-0.3, -0.25) is 4.79 Å². The zero-order valence-corrected chi connectivity index (χ0v) is 19.7. The molecule has 4 rings (SSSR count). The first-order chi connectivity index (χ1) is 16.4. The summed E-state index contributed by atoms with van der Waals surface area (Å²) in [6.07, 6.45) is -0.0254. The van der Waals surface area contributed by atoms with Crippen LogP contribution in [0.15, 0.2) is 30.6 Å². The van der Waals surface area contributed by atoms with Gasteiger partial charge in [0.05, 0.1) is 11.8 Å². The fourth-order valence-corrected chi connectivity index (χ4v) is 4.95. The maximum atomic E-state index is 15.4. The molecule has 0 radical (unpaired) electrons. The molecule has 35 heavy (non-hydrogen) atoms. The van der Waals surface area contributed by atoms with Crippen LogP contribution >= 0.6 is 0 Å². The van der Waals surface area contributed by atoms with Gasteiger partial charge in [0.25, 0.3) is 0 Å². The topological polar surface area (TPSA) is 95.5 Å². The number of piperidine rings is 1. The molecular weight excluding hydrogens is 490 g/mol. The number of halogens is 4. The molecule has 190 valence electrons. The summed E-state index contributed by atoms with van der Waals surface area (Å²) in [5.41, 5.74) is -0.203. The van der Waals surface area contributed by atoms with Crippen LogP contribution in [0.1, 0.15) is 36.8 Å². The van der Waals surface area contributed by atoms with E-state index in [0.717, 1.165) is 37.6 Å². The quantitative estimate of drug-likeness (QED) is 0.568. The molecular formula is C22H25F4N5O3S. The summed E-state index contributed by atoms with van der Waals surface area (Å²) in [7, 11) is -3.33. The zero-order valence-electron chi connectivity index (χ0n) is 18.9. The first-order valence-corrected chi connectivity index (χ1v) is 13.0. The average molecular weight is 516 g/mol. The van der Waals surface area contributed by atoms with E-state index in [1.54, 1.807) is 4.90 Å². The minimum atomic E-state index is -4.44. The van der Waals surface area contributed by atoms with Crippen LogP contribution in [0.5, 0.6) is 0 Å². The fraction of sp³-hybridized carbons (Fsp3) is 0.500. The molecule has 1 aliphatic carbocycles. The van der Waals surface area contributed by atoms with Crippen LogP contribution in [0.25, 0.3) is 0 Å². The van der Waals surface area contributed by atoms with E-state index in [0.29, 0.717) is 18.4 Å². The Labute approximate surface area is 200 Å². The number of nitrogens with one attached hydrogen (secondary N) is 1. The number of anilines is 2. The largest absolute Gasteiger partial charge is 0.416 e. The van der Waals surface area contributed by atoms with E-state index in [1.807, 2.05) is 0 Å². The van der Waals surface area contributed by atoms with Crippen molar-refractivity contribution in [3.05, 3.63) is 47.5 Å². The average Bonchev–Trinajstić information content (AvgIpc) is 3.64. The highest BCUT2D eigenvalue weighted by molar-refractivity contribution is 7.88. The molecule has 2 aromatic rings. The molecule has 0 spiro atoms. The van der Waals surface area contributed by atoms with E-state index in [9.17, 15) is 26.4 Å². The van der Waals surface area contributed by atoms with Crippen LogP contribution in [0.4, 0.5) is 29.2 Å². The minimum absolute atomic E-state index is 0.0226. The van der Waals surface area contributed by atoms with Crippen LogP contribution < -0.4 is 10.2 Å². The van der Waals surface area contributed by atoms with E-state index >= 15 is 4.39 Å². The van der Waals surface area contributed by atoms with Gasteiger partial charge in [0.15, 0.2) is 11.6 Å². The third-order valence-electron chi connectivity index (χ3n) is 6.20. The van der Waals surface area contributed by atoms with Gasteiger partial charge in [-0.15, -0.1) is 0 Å². The molecule has 1 saturated heterocycles. The lowest BCUT2D eigenvalue weighted by atomic mass is 9.97. The van der Waals surface area contributed by atoms with Gasteiger partial charge in [-0.05, 0) is 43.4 Å². The normalized spacial score (nSPS) is 17.9. The van der Waals surface area contributed by atoms with E-state index in [-0.39, 0.29) is 37.3 Å². The van der Waals surface area contributed by atoms with Crippen molar-refractivity contribution in [1.82, 2.24) is 14.3 Å². The number of sulfonamides is 1. The number of rotatable bonds is 7. The molecule has 2 aliphatic rings. The summed E-state index contributed by atoms with van der Waals surface area (Å²) in [5, 5.41) is 2.49. The van der Waals surface area contributed by atoms with Gasteiger partial charge in [0.2, 0.25) is 21.7 Å². The van der Waals surface area contributed by atoms with Crippen LogP contribution in [0.2, 0.25) is 0 Å². The Morgan fingerprint density at radius 1 is 1.11 bits per heavy atom. The number of carbonyl (C=O) groups excluding carboxylic acids is 1. The maximum absolute atomic E-state index is 15.4. The third kappa shape index (κ3) is 6.07. The monoisotopic (exact) mass is 515 g/mol. The van der Waals surface area contributed by atoms with Crippen LogP contribution in [-0.2, 0) is 27.5 Å². The molecule has 1 amide bonds. The van der Waals surface area contributed by atoms with Crippen molar-refractivity contribution in [2.24, 2.45) is 5.92 Å². The smallest absolute Gasteiger partial charge is 0.347 e. The standard InChI is InChI=1S/C22H25F4N5O3S/c1-35(33,34)30-10-8-15(9-11-30)21(32)29-19-18(23)20(28-13-27-19)31(17-6-7-17)12-14-2-4-16(5-3-14)22(24,25)26/h2-5,13,15,17H,6-12H2,1H3,(H,27,28,29,32). The van der Waals surface area contributed by atoms with Gasteiger partial charge in [0, 0.05) is 31.6 Å². The minimum Gasteiger partial charge on any atom is -0.347 e. The molecule has 1 aromatic heterocycles. The van der Waals surface area contributed by atoms with Crippen molar-refractivity contribution in [1.29, 1.82) is 0 Å². The number of benzene rings is 1. The van der Waals surface area contributed by atoms with Crippen LogP contribution in [0, 0.1) is 11.7 Å². The van der Waals surface area contributed by atoms with E-state index < -0.39 is 39.4 Å². The molecule has 2 heterocycles. The predicted octanol–water partition coefficient (Wildman–Crippen LogP) is 3.41. The van der Waals surface area contributed by atoms with Gasteiger partial charge in [0.1, 0.15) is 6.33 Å². The van der Waals surface area contributed by atoms with Crippen LogP contribution in [0.3, 0.4) is 0 Å². The second-order valence-electron chi connectivity index (χ2n) is 8.84. The summed E-state index contributed by atoms with van der Waals surface area (Å²) in [6, 6.07) is 4.64. The second kappa shape index (κ2) is 9.69. The molecule has 1 saturated carbocycles. The van der Waals surface area contributed by atoms with Crippen molar-refractivity contribution in [2.75, 3.05) is 29.6 Å². The Morgan fingerprint density at radius 3 is 2.29 bits per heavy atom. The Balaban J connectivity index is 1.47. The Hall–Kier alpha value is -2.80. The van der Waals surface area contributed by atoms with Gasteiger partial charge in [-0.1, -0.05) is 12.1 Å². The first-order valence-electron chi connectivity index (χ1n) is 11.1. The molecule has 0 atom stereocenters. The first kappa shape index (κ1) is 25.3. The van der Waals surface area contributed by atoms with Gasteiger partial charge in [-0.2, -0.15) is 17.6 Å². The Morgan fingerprint density at radius 2 is 1.74 bits per heavy atom. The van der Waals surface area contributed by atoms with Crippen molar-refractivity contribution >= 4 is 27.6 Å². The lowest BCUT2D eigenvalue weighted by molar-refractivity contribution is -0.137. The molecule has 1 N–H and O–H groups in total. The summed E-state index contributed by atoms with van der Waals surface area (Å²) in [4.78, 5) is 22.3. The summed E-state index contributed by atoms with van der Waals surface area (Å²) >= 11 is 0. The number of amides is 1. The highest BCUT2D eigenvalue weighted by atomic mass is 32.2. The van der Waals surface area contributed by atoms with E-state index in [4.69, 9.17) is 0 Å². The van der Waals surface area contributed by atoms with Gasteiger partial charge < -0.3 is 10.2 Å². The number of hydrogen-bond donors (Lipinski definition) is 1. The third-order valence-corrected chi connectivity index (χ3v) is 7.50. The zero-order chi connectivity index (χ0) is 25.4. The van der Waals surface area contributed by atoms with Crippen molar-refractivity contribution in [3.8, 4) is 0 Å². The fourth-order valence-electron chi connectivity index (χ4n) is 4.08. The number of aromatic nitrogens is 2. The highest BCUT2D eigenvalue weighted by Crippen LogP contribution is 2.35. The molecule has 0 unspecified atom stereocenters. The predicted molar refractivity (Wildman–Crippen MR) is 120 cm³/mol. The number of alkyl halides is 3. The van der Waals surface area contributed by atoms with Crippen LogP contribution in [-0.4, -0.2) is 54.0 Å². The summed E-state index contributed by atoms with van der Waals surface area (Å²) in [5.74, 6) is -2.10. The van der Waals surface area contributed by atoms with Crippen molar-refractivity contribution in [3.63, 3.8) is 0 Å². The lowest BCUT2D eigenvalue weighted by Gasteiger charge is -2.29. The van der Waals surface area contributed by atoms with Gasteiger partial charge in [-0.25, -0.2) is 22.7 Å². The van der Waals surface area contributed by atoms with Gasteiger partial charge >= 0.3 is 6.18 Å². The lowest BCUT2D eigenvalue weighted by Crippen LogP contribution is -2.41. The summed E-state index contributed by atoms with van der Waals surface area (Å²) in [6.45, 7) is 0.558. The number of nitrogens with zero attached hydrogens (tertiary/aromatic N) is 4. The van der Waals surface area contributed by atoms with Crippen molar-refractivity contribution < 1.29 is 30.8 Å². The Kier molecular flexibility index (Phi) is 7.00. The molecule has 0 bridgehead atoms. The number of carbonyl (C=O) groups is 1. The van der Waals surface area contributed by atoms with E-state index in [1.165, 1.54) is 16.4 Å². The van der Waals surface area contributed by atoms with Crippen molar-refractivity contribution in [2.45, 2.75) is 44.4 Å². The molecule has 13 heteroatoms. The molecule has 8 nitrogen and oxygen atoms in total. The SMILES string of the molecule is CS(=O)(=O)N1CCC(C(=O)Nc2ncnc(N(Cc3ccc(C(F)(F)F)cc3)C3CC3)c2F)CC1. The maximum Gasteiger partial charge on any atom is 0.416 e. The second-order valence-corrected chi connectivity index (χ2v) is 10.8. The molecule has 2 fully saturated rings. The summed E-state index contributed by atoms with van der Waals surface area (Å²) < 4.78 is 78.5. The molecule has 1 aliphatic heterocycles. The highest BCUT2D eigenvalue weighted by Gasteiger charge is 2.34. The Bertz CT molecular complexity index is 1180.